The summed E-state index contributed by atoms with van der Waals surface area (Å²) in [5, 5.41) is 0. The second kappa shape index (κ2) is 9.04. The molecule has 0 unspecified atom stereocenters. The van der Waals surface area contributed by atoms with Crippen LogP contribution in [0.15, 0.2) is 84.9 Å². The second-order valence-electron chi connectivity index (χ2n) is 6.68. The molecule has 138 valence electrons. The molecular formula is C24H25NO2. The predicted molar refractivity (Wildman–Crippen MR) is 109 cm³/mol. The van der Waals surface area contributed by atoms with Crippen molar-refractivity contribution >= 4 is 5.91 Å². The molecule has 0 aliphatic rings. The van der Waals surface area contributed by atoms with Crippen molar-refractivity contribution in [2.75, 3.05) is 14.2 Å². The van der Waals surface area contributed by atoms with Crippen LogP contribution in [0.5, 0.6) is 5.75 Å². The van der Waals surface area contributed by atoms with E-state index in [1.165, 1.54) is 0 Å². The summed E-state index contributed by atoms with van der Waals surface area (Å²) >= 11 is 0. The van der Waals surface area contributed by atoms with E-state index >= 15 is 0 Å². The topological polar surface area (TPSA) is 29.5 Å². The van der Waals surface area contributed by atoms with E-state index in [1.54, 1.807) is 12.0 Å². The molecule has 27 heavy (non-hydrogen) atoms. The fourth-order valence-corrected chi connectivity index (χ4v) is 3.26. The van der Waals surface area contributed by atoms with E-state index in [4.69, 9.17) is 4.74 Å². The van der Waals surface area contributed by atoms with E-state index in [9.17, 15) is 4.79 Å². The minimum atomic E-state index is 0.0488. The minimum absolute atomic E-state index is 0.0488. The first-order valence-electron chi connectivity index (χ1n) is 9.14. The van der Waals surface area contributed by atoms with Crippen molar-refractivity contribution in [1.29, 1.82) is 0 Å². The Kier molecular flexibility index (Phi) is 6.26. The Morgan fingerprint density at radius 2 is 1.48 bits per heavy atom. The van der Waals surface area contributed by atoms with Gasteiger partial charge in [-0.25, -0.2) is 0 Å². The zero-order valence-corrected chi connectivity index (χ0v) is 15.8. The molecule has 0 bridgehead atoms. The molecule has 0 spiro atoms. The highest BCUT2D eigenvalue weighted by Crippen LogP contribution is 2.28. The van der Waals surface area contributed by atoms with Crippen LogP contribution in [0.25, 0.3) is 0 Å². The number of hydrogen-bond acceptors (Lipinski definition) is 2. The highest BCUT2D eigenvalue weighted by Gasteiger charge is 2.20. The van der Waals surface area contributed by atoms with Crippen LogP contribution in [-0.4, -0.2) is 25.0 Å². The Morgan fingerprint density at radius 3 is 2.04 bits per heavy atom. The number of hydrogen-bond donors (Lipinski definition) is 0. The van der Waals surface area contributed by atoms with Crippen LogP contribution in [0.2, 0.25) is 0 Å². The molecule has 0 saturated heterocycles. The lowest BCUT2D eigenvalue weighted by molar-refractivity contribution is -0.130. The normalized spacial score (nSPS) is 10.6. The molecule has 3 heteroatoms. The lowest BCUT2D eigenvalue weighted by Crippen LogP contribution is -2.27. The lowest BCUT2D eigenvalue weighted by Gasteiger charge is -2.23. The Balaban J connectivity index is 1.76. The van der Waals surface area contributed by atoms with Gasteiger partial charge in [-0.1, -0.05) is 72.8 Å². The molecule has 0 atom stereocenters. The molecule has 0 aromatic heterocycles. The summed E-state index contributed by atoms with van der Waals surface area (Å²) in [4.78, 5) is 14.7. The largest absolute Gasteiger partial charge is 0.497 e. The van der Waals surface area contributed by atoms with Crippen molar-refractivity contribution in [2.24, 2.45) is 0 Å². The van der Waals surface area contributed by atoms with Gasteiger partial charge < -0.3 is 9.64 Å². The van der Waals surface area contributed by atoms with E-state index in [1.807, 2.05) is 67.7 Å². The predicted octanol–water partition coefficient (Wildman–Crippen LogP) is 4.88. The number of amides is 1. The molecule has 3 aromatic rings. The van der Waals surface area contributed by atoms with Crippen molar-refractivity contribution in [3.05, 3.63) is 102 Å². The maximum absolute atomic E-state index is 13.0. The number of methoxy groups -OCH3 is 1. The van der Waals surface area contributed by atoms with Crippen LogP contribution in [-0.2, 0) is 11.3 Å². The van der Waals surface area contributed by atoms with Gasteiger partial charge in [0, 0.05) is 25.9 Å². The van der Waals surface area contributed by atoms with Gasteiger partial charge in [-0.2, -0.15) is 0 Å². The highest BCUT2D eigenvalue weighted by molar-refractivity contribution is 5.77. The third-order valence-corrected chi connectivity index (χ3v) is 4.76. The number of ether oxygens (including phenoxy) is 1. The maximum Gasteiger partial charge on any atom is 0.223 e. The van der Waals surface area contributed by atoms with Gasteiger partial charge in [-0.3, -0.25) is 4.79 Å². The third-order valence-electron chi connectivity index (χ3n) is 4.76. The van der Waals surface area contributed by atoms with Crippen molar-refractivity contribution in [1.82, 2.24) is 4.90 Å². The van der Waals surface area contributed by atoms with Gasteiger partial charge >= 0.3 is 0 Å². The number of rotatable bonds is 7. The fourth-order valence-electron chi connectivity index (χ4n) is 3.26. The Morgan fingerprint density at radius 1 is 0.889 bits per heavy atom. The number of carbonyl (C=O) groups is 1. The van der Waals surface area contributed by atoms with E-state index in [0.717, 1.165) is 22.4 Å². The monoisotopic (exact) mass is 359 g/mol. The van der Waals surface area contributed by atoms with Crippen LogP contribution < -0.4 is 4.74 Å². The first-order chi connectivity index (χ1) is 13.2. The van der Waals surface area contributed by atoms with E-state index < -0.39 is 0 Å². The fraction of sp³-hybridized carbons (Fsp3) is 0.208. The highest BCUT2D eigenvalue weighted by atomic mass is 16.5. The Labute approximate surface area is 161 Å². The number of nitrogens with zero attached hydrogens (tertiary/aromatic N) is 1. The second-order valence-corrected chi connectivity index (χ2v) is 6.68. The first kappa shape index (κ1) is 18.7. The quantitative estimate of drug-likeness (QED) is 0.602. The van der Waals surface area contributed by atoms with Crippen molar-refractivity contribution in [3.63, 3.8) is 0 Å². The zero-order valence-electron chi connectivity index (χ0n) is 15.8. The number of benzene rings is 3. The van der Waals surface area contributed by atoms with Gasteiger partial charge in [-0.15, -0.1) is 0 Å². The van der Waals surface area contributed by atoms with Crippen molar-refractivity contribution < 1.29 is 9.53 Å². The van der Waals surface area contributed by atoms with Gasteiger partial charge in [0.15, 0.2) is 0 Å². The van der Waals surface area contributed by atoms with Gasteiger partial charge in [0.25, 0.3) is 0 Å². The molecule has 3 nitrogen and oxygen atoms in total. The summed E-state index contributed by atoms with van der Waals surface area (Å²) < 4.78 is 5.27. The summed E-state index contributed by atoms with van der Waals surface area (Å²) in [7, 11) is 3.51. The average Bonchev–Trinajstić information content (AvgIpc) is 2.73. The van der Waals surface area contributed by atoms with Gasteiger partial charge in [0.05, 0.1) is 7.11 Å². The van der Waals surface area contributed by atoms with E-state index in [2.05, 4.69) is 24.3 Å². The SMILES string of the molecule is COc1cccc(CN(C)C(=O)CC(c2ccccc2)c2ccccc2)c1. The summed E-state index contributed by atoms with van der Waals surface area (Å²) in [5.74, 6) is 0.975. The molecule has 0 aliphatic carbocycles. The van der Waals surface area contributed by atoms with Crippen LogP contribution in [0.4, 0.5) is 0 Å². The van der Waals surface area contributed by atoms with Gasteiger partial charge in [0.2, 0.25) is 5.91 Å². The third kappa shape index (κ3) is 4.98. The molecule has 0 heterocycles. The molecule has 0 radical (unpaired) electrons. The van der Waals surface area contributed by atoms with Crippen molar-refractivity contribution in [2.45, 2.75) is 18.9 Å². The Hall–Kier alpha value is -3.07. The molecule has 3 rings (SSSR count). The van der Waals surface area contributed by atoms with Crippen molar-refractivity contribution in [3.8, 4) is 5.75 Å². The van der Waals surface area contributed by atoms with Crippen LogP contribution in [0.1, 0.15) is 29.0 Å². The van der Waals surface area contributed by atoms with Crippen LogP contribution in [0, 0.1) is 0 Å². The van der Waals surface area contributed by atoms with Gasteiger partial charge in [0.1, 0.15) is 5.75 Å². The summed E-state index contributed by atoms with van der Waals surface area (Å²) in [6, 6.07) is 28.3. The summed E-state index contributed by atoms with van der Waals surface area (Å²) in [6.07, 6.45) is 0.439. The summed E-state index contributed by atoms with van der Waals surface area (Å²) in [6.45, 7) is 0.562. The number of carbonyl (C=O) groups excluding carboxylic acids is 1. The van der Waals surface area contributed by atoms with Gasteiger partial charge in [-0.05, 0) is 28.8 Å². The molecule has 0 fully saturated rings. The average molecular weight is 359 g/mol. The molecule has 0 N–H and O–H groups in total. The lowest BCUT2D eigenvalue weighted by atomic mass is 9.88. The molecular weight excluding hydrogens is 334 g/mol. The first-order valence-corrected chi connectivity index (χ1v) is 9.14. The molecule has 1 amide bonds. The zero-order chi connectivity index (χ0) is 19.1. The minimum Gasteiger partial charge on any atom is -0.497 e. The summed E-state index contributed by atoms with van der Waals surface area (Å²) in [5.41, 5.74) is 3.37. The molecule has 0 aliphatic heterocycles. The van der Waals surface area contributed by atoms with Crippen LogP contribution >= 0.6 is 0 Å². The standard InChI is InChI=1S/C24H25NO2/c1-25(18-19-10-9-15-22(16-19)27-2)24(26)17-23(20-11-5-3-6-12-20)21-13-7-4-8-14-21/h3-16,23H,17-18H2,1-2H3. The van der Waals surface area contributed by atoms with E-state index in [-0.39, 0.29) is 11.8 Å². The molecule has 3 aromatic carbocycles. The van der Waals surface area contributed by atoms with E-state index in [0.29, 0.717) is 13.0 Å². The molecule has 0 saturated carbocycles. The Bertz CT molecular complexity index is 822. The maximum atomic E-state index is 13.0. The van der Waals surface area contributed by atoms with Crippen LogP contribution in [0.3, 0.4) is 0 Å². The smallest absolute Gasteiger partial charge is 0.223 e.